The first-order valence-corrected chi connectivity index (χ1v) is 11.0. The van der Waals surface area contributed by atoms with Gasteiger partial charge in [0, 0.05) is 18.4 Å². The summed E-state index contributed by atoms with van der Waals surface area (Å²) in [5, 5.41) is 11.2. The van der Waals surface area contributed by atoms with Crippen LogP contribution in [0.1, 0.15) is 0 Å². The third-order valence-electron chi connectivity index (χ3n) is 3.96. The number of anilines is 6. The Bertz CT molecular complexity index is 947. The van der Waals surface area contributed by atoms with Crippen LogP contribution in [0.15, 0.2) is 48.7 Å². The molecule has 0 unspecified atom stereocenters. The van der Waals surface area contributed by atoms with Gasteiger partial charge in [0.2, 0.25) is 5.95 Å². The van der Waals surface area contributed by atoms with E-state index in [1.54, 1.807) is 6.20 Å². The summed E-state index contributed by atoms with van der Waals surface area (Å²) in [6, 6.07) is 13.8. The Morgan fingerprint density at radius 1 is 1.04 bits per heavy atom. The molecule has 0 bridgehead atoms. The van der Waals surface area contributed by atoms with E-state index in [0.29, 0.717) is 22.5 Å². The largest absolute Gasteiger partial charge is 0.397 e. The summed E-state index contributed by atoms with van der Waals surface area (Å²) in [4.78, 5) is 8.78. The fourth-order valence-corrected chi connectivity index (χ4v) is 3.74. The third-order valence-corrected chi connectivity index (χ3v) is 5.59. The molecule has 3 aromatic rings. The van der Waals surface area contributed by atoms with Gasteiger partial charge < -0.3 is 21.7 Å². The highest BCUT2D eigenvalue weighted by Crippen LogP contribution is 2.31. The van der Waals surface area contributed by atoms with Crippen LogP contribution in [0.25, 0.3) is 0 Å². The van der Waals surface area contributed by atoms with Crippen molar-refractivity contribution in [3.8, 4) is 0 Å². The average molecular weight is 401 g/mol. The fourth-order valence-electron chi connectivity index (χ4n) is 2.61. The zero-order valence-corrected chi connectivity index (χ0v) is 17.1. The number of hydrogen-bond acceptors (Lipinski definition) is 6. The van der Waals surface area contributed by atoms with Gasteiger partial charge in [0.15, 0.2) is 5.82 Å². The second-order valence-electron chi connectivity index (χ2n) is 6.10. The maximum absolute atomic E-state index is 6.31. The van der Waals surface area contributed by atoms with Crippen molar-refractivity contribution in [3.63, 3.8) is 0 Å². The lowest BCUT2D eigenvalue weighted by Crippen LogP contribution is -2.09. The smallest absolute Gasteiger partial charge is 0.229 e. The molecule has 0 fully saturated rings. The summed E-state index contributed by atoms with van der Waals surface area (Å²) in [6.45, 7) is 4.42. The molecule has 2 aromatic carbocycles. The molecule has 0 aliphatic rings. The van der Waals surface area contributed by atoms with E-state index in [4.69, 9.17) is 17.3 Å². The topological polar surface area (TPSA) is 87.9 Å². The van der Waals surface area contributed by atoms with Gasteiger partial charge in [-0.2, -0.15) is 4.98 Å². The van der Waals surface area contributed by atoms with E-state index in [0.717, 1.165) is 17.1 Å². The van der Waals surface area contributed by atoms with Crippen LogP contribution in [-0.2, 0) is 0 Å². The Kier molecular flexibility index (Phi) is 5.99. The summed E-state index contributed by atoms with van der Waals surface area (Å²) in [5.74, 6) is 0.990. The van der Waals surface area contributed by atoms with Crippen molar-refractivity contribution in [2.24, 2.45) is 0 Å². The van der Waals surface area contributed by atoms with Gasteiger partial charge in [-0.05, 0) is 42.9 Å². The van der Waals surface area contributed by atoms with E-state index < -0.39 is 0 Å². The monoisotopic (exact) mass is 400 g/mol. The molecule has 5 N–H and O–H groups in total. The van der Waals surface area contributed by atoms with Gasteiger partial charge in [-0.15, -0.1) is 0 Å². The number of nitrogens with zero attached hydrogens (tertiary/aromatic N) is 2. The summed E-state index contributed by atoms with van der Waals surface area (Å²) < 4.78 is 0. The number of rotatable bonds is 6. The van der Waals surface area contributed by atoms with Crippen LogP contribution in [0.3, 0.4) is 0 Å². The van der Waals surface area contributed by atoms with Crippen LogP contribution < -0.4 is 27.0 Å². The van der Waals surface area contributed by atoms with Crippen LogP contribution in [-0.4, -0.2) is 30.3 Å². The lowest BCUT2D eigenvalue weighted by molar-refractivity contribution is 1.17. The number of nitrogens with one attached hydrogen (secondary N) is 3. The number of aromatic nitrogens is 2. The van der Waals surface area contributed by atoms with Crippen molar-refractivity contribution < 1.29 is 0 Å². The number of nitrogens with two attached hydrogens (primary N) is 1. The number of halogens is 1. The number of benzene rings is 2. The fraction of sp³-hybridized carbons (Fsp3) is 0.158. The molecular weight excluding hydrogens is 379 g/mol. The van der Waals surface area contributed by atoms with Gasteiger partial charge in [0.25, 0.3) is 0 Å². The van der Waals surface area contributed by atoms with Crippen molar-refractivity contribution in [1.29, 1.82) is 0 Å². The quantitative estimate of drug-likeness (QED) is 0.357. The first kappa shape index (κ1) is 19.2. The Balaban J connectivity index is 1.86. The number of para-hydroxylation sites is 1. The molecule has 0 saturated carbocycles. The predicted molar refractivity (Wildman–Crippen MR) is 119 cm³/mol. The molecule has 0 aliphatic heterocycles. The van der Waals surface area contributed by atoms with E-state index in [1.807, 2.05) is 43.4 Å². The molecule has 0 saturated heterocycles. The van der Waals surface area contributed by atoms with Gasteiger partial charge in [-0.1, -0.05) is 37.7 Å². The zero-order chi connectivity index (χ0) is 19.4. The molecule has 0 atom stereocenters. The van der Waals surface area contributed by atoms with E-state index in [1.165, 1.54) is 5.30 Å². The Morgan fingerprint density at radius 2 is 1.81 bits per heavy atom. The molecule has 6 nitrogen and oxygen atoms in total. The minimum Gasteiger partial charge on any atom is -0.397 e. The minimum atomic E-state index is -0.263. The van der Waals surface area contributed by atoms with E-state index in [9.17, 15) is 0 Å². The highest BCUT2D eigenvalue weighted by Gasteiger charge is 2.11. The standard InChI is InChI=1S/C19H22ClN6P/c1-22-15-9-8-12(10-14(15)21)24-19-23-11-13(20)18(26-19)25-16-6-4-5-7-17(16)27(2)3/h4-11,22H,21H2,1-3H3,(H2,23,24,25,26). The van der Waals surface area contributed by atoms with Gasteiger partial charge in [0.05, 0.1) is 17.6 Å². The van der Waals surface area contributed by atoms with E-state index in [-0.39, 0.29) is 7.92 Å². The average Bonchev–Trinajstić information content (AvgIpc) is 2.65. The van der Waals surface area contributed by atoms with Gasteiger partial charge >= 0.3 is 0 Å². The molecule has 3 rings (SSSR count). The third kappa shape index (κ3) is 4.59. The highest BCUT2D eigenvalue weighted by atomic mass is 35.5. The maximum Gasteiger partial charge on any atom is 0.229 e. The minimum absolute atomic E-state index is 0.263. The van der Waals surface area contributed by atoms with E-state index in [2.05, 4.69) is 45.3 Å². The molecule has 140 valence electrons. The molecule has 0 spiro atoms. The summed E-state index contributed by atoms with van der Waals surface area (Å²) in [5.41, 5.74) is 9.32. The molecular formula is C19H22ClN6P. The highest BCUT2D eigenvalue weighted by molar-refractivity contribution is 7.64. The molecule has 0 aliphatic carbocycles. The summed E-state index contributed by atoms with van der Waals surface area (Å²) in [6.07, 6.45) is 1.58. The van der Waals surface area contributed by atoms with Crippen molar-refractivity contribution >= 4 is 59.3 Å². The summed E-state index contributed by atoms with van der Waals surface area (Å²) in [7, 11) is 1.57. The Hall–Kier alpha value is -2.56. The van der Waals surface area contributed by atoms with Gasteiger partial charge in [-0.3, -0.25) is 0 Å². The number of hydrogen-bond donors (Lipinski definition) is 4. The van der Waals surface area contributed by atoms with Crippen LogP contribution >= 0.6 is 19.5 Å². The van der Waals surface area contributed by atoms with Gasteiger partial charge in [0.1, 0.15) is 5.02 Å². The first-order chi connectivity index (χ1) is 13.0. The Labute approximate surface area is 165 Å². The second kappa shape index (κ2) is 8.42. The zero-order valence-electron chi connectivity index (χ0n) is 15.4. The lowest BCUT2D eigenvalue weighted by Gasteiger charge is -2.15. The van der Waals surface area contributed by atoms with Crippen molar-refractivity contribution in [2.45, 2.75) is 0 Å². The molecule has 8 heteroatoms. The Morgan fingerprint density at radius 3 is 2.52 bits per heavy atom. The van der Waals surface area contributed by atoms with Crippen LogP contribution in [0.2, 0.25) is 5.02 Å². The second-order valence-corrected chi connectivity index (χ2v) is 8.78. The SMILES string of the molecule is CNc1ccc(Nc2ncc(Cl)c(Nc3ccccc3P(C)C)n2)cc1N. The molecule has 1 heterocycles. The molecule has 0 amide bonds. The van der Waals surface area contributed by atoms with Crippen LogP contribution in [0.4, 0.5) is 34.5 Å². The normalized spacial score (nSPS) is 10.7. The van der Waals surface area contributed by atoms with Crippen molar-refractivity contribution in [3.05, 3.63) is 53.7 Å². The van der Waals surface area contributed by atoms with Crippen molar-refractivity contribution in [2.75, 3.05) is 42.1 Å². The molecule has 1 aromatic heterocycles. The number of nitrogen functional groups attached to an aromatic ring is 1. The molecule has 0 radical (unpaired) electrons. The molecule has 27 heavy (non-hydrogen) atoms. The lowest BCUT2D eigenvalue weighted by atomic mass is 10.2. The van der Waals surface area contributed by atoms with Gasteiger partial charge in [-0.25, -0.2) is 4.98 Å². The first-order valence-electron chi connectivity index (χ1n) is 8.38. The van der Waals surface area contributed by atoms with Crippen LogP contribution in [0, 0.1) is 0 Å². The summed E-state index contributed by atoms with van der Waals surface area (Å²) >= 11 is 6.31. The van der Waals surface area contributed by atoms with E-state index >= 15 is 0 Å². The maximum atomic E-state index is 6.31. The predicted octanol–water partition coefficient (Wildman–Crippen LogP) is 4.61. The van der Waals surface area contributed by atoms with Crippen molar-refractivity contribution in [1.82, 2.24) is 9.97 Å². The van der Waals surface area contributed by atoms with Crippen LogP contribution in [0.5, 0.6) is 0 Å².